The number of nitrogens with two attached hydrogens (primary N) is 1. The Bertz CT molecular complexity index is 1850. The number of carboxylic acids is 1. The predicted molar refractivity (Wildman–Crippen MR) is 217 cm³/mol. The van der Waals surface area contributed by atoms with E-state index >= 15 is 0 Å². The molecule has 346 valence electrons. The quantitative estimate of drug-likeness (QED) is 0.0164. The maximum Gasteiger partial charge on any atom is 0.305 e. The molecule has 3 rings (SSSR count). The lowest BCUT2D eigenvalue weighted by Crippen LogP contribution is -2.63. The minimum Gasteiger partial charge on any atom is -0.481 e. The Morgan fingerprint density at radius 3 is 1.98 bits per heavy atom. The number of benzene rings is 1. The molecular weight excluding hydrogens is 834 g/mol. The number of carbonyl (C=O) groups is 8. The van der Waals surface area contributed by atoms with Gasteiger partial charge in [0, 0.05) is 31.0 Å². The van der Waals surface area contributed by atoms with Gasteiger partial charge in [-0.15, -0.1) is 0 Å². The van der Waals surface area contributed by atoms with Crippen LogP contribution in [0.4, 0.5) is 0 Å². The van der Waals surface area contributed by atoms with Gasteiger partial charge in [-0.05, 0) is 50.1 Å². The highest BCUT2D eigenvalue weighted by Crippen LogP contribution is 2.21. The number of carboxylic acid groups (broad SMARTS) is 1. The third-order valence-corrected chi connectivity index (χ3v) is 9.90. The summed E-state index contributed by atoms with van der Waals surface area (Å²) >= 11 is 0. The highest BCUT2D eigenvalue weighted by molar-refractivity contribution is 5.98. The monoisotopic (exact) mass is 889 g/mol. The third kappa shape index (κ3) is 16.7. The largest absolute Gasteiger partial charge is 0.481 e. The summed E-state index contributed by atoms with van der Waals surface area (Å²) < 4.78 is 5.51. The first-order valence-electron chi connectivity index (χ1n) is 20.0. The standard InChI is InChI=1S/C37H55N13O13/c1-18-31(57)48-23(15-26(52)53)35(61)49-22(14-19-8-3-2-4-9-19)34(60)47-20(33(59)46-21(32(58)45-18)11-7-13-42-37(38)39)10-5-6-12-41-36(62)30-29(56)28(55)27(54)24(63-30)16-43-25(51)17-44-50-40/h2-4,8-9,18,20-24,27-30,54-56H,5-7,10-17H2,1H3,(H,41,62)(H,43,51)(H,45,58)(H,46,59)(H,47,60)(H,48,57)(H,49,61)(H,52,53)(H4,38,39,42)/t18-,20-,21-,22+,23-,24+,27?,28?,29-,30?/m0/s1. The first kappa shape index (κ1) is 50.8. The lowest BCUT2D eigenvalue weighted by Gasteiger charge is -2.39. The molecule has 63 heavy (non-hydrogen) atoms. The Morgan fingerprint density at radius 1 is 0.778 bits per heavy atom. The molecule has 2 aliphatic rings. The van der Waals surface area contributed by atoms with Crippen LogP contribution in [-0.2, 0) is 49.5 Å². The first-order valence-corrected chi connectivity index (χ1v) is 20.0. The summed E-state index contributed by atoms with van der Waals surface area (Å²) in [5.74, 6) is -7.92. The molecule has 26 nitrogen and oxygen atoms in total. The number of amides is 7. The lowest BCUT2D eigenvalue weighted by atomic mass is 9.94. The SMILES string of the molecule is C[C@@H]1NC(=O)[C@H](CCCNC(=N)N)NC(=O)[C@H](CCCCNC(=O)C2O[C@H](CNC(=O)CN=[N+]=[N-])C(O)C(O)[C@@H]2O)NC(=O)[C@@H](Cc2ccccc2)NC(=O)[C@H](CC(=O)O)NC1=O. The van der Waals surface area contributed by atoms with Gasteiger partial charge in [0.25, 0.3) is 5.91 Å². The van der Waals surface area contributed by atoms with E-state index in [1.54, 1.807) is 30.3 Å². The van der Waals surface area contributed by atoms with Crippen molar-refractivity contribution in [1.82, 2.24) is 42.5 Å². The minimum atomic E-state index is -1.87. The van der Waals surface area contributed by atoms with E-state index in [2.05, 4.69) is 52.6 Å². The summed E-state index contributed by atoms with van der Waals surface area (Å²) in [6.07, 6.45) is -9.14. The summed E-state index contributed by atoms with van der Waals surface area (Å²) in [5, 5.41) is 71.2. The number of unbranched alkanes of at least 4 members (excludes halogenated alkanes) is 1. The van der Waals surface area contributed by atoms with E-state index in [9.17, 15) is 58.8 Å². The number of rotatable bonds is 18. The van der Waals surface area contributed by atoms with Crippen molar-refractivity contribution in [2.24, 2.45) is 10.8 Å². The van der Waals surface area contributed by atoms with E-state index in [4.69, 9.17) is 21.4 Å². The number of guanidine groups is 1. The number of nitrogens with zero attached hydrogens (tertiary/aromatic N) is 3. The van der Waals surface area contributed by atoms with Crippen LogP contribution in [0.5, 0.6) is 0 Å². The van der Waals surface area contributed by atoms with Gasteiger partial charge in [0.2, 0.25) is 35.4 Å². The van der Waals surface area contributed by atoms with Gasteiger partial charge in [-0.2, -0.15) is 0 Å². The lowest BCUT2D eigenvalue weighted by molar-refractivity contribution is -0.219. The zero-order valence-electron chi connectivity index (χ0n) is 34.3. The highest BCUT2D eigenvalue weighted by atomic mass is 16.5. The smallest absolute Gasteiger partial charge is 0.305 e. The normalized spacial score (nSPS) is 27.0. The second kappa shape index (κ2) is 25.4. The Hall–Kier alpha value is -6.60. The van der Waals surface area contributed by atoms with E-state index in [1.165, 1.54) is 6.92 Å². The summed E-state index contributed by atoms with van der Waals surface area (Å²) in [6, 6.07) is 1.32. The van der Waals surface area contributed by atoms with Crippen molar-refractivity contribution in [3.63, 3.8) is 0 Å². The molecule has 7 amide bonds. The molecule has 15 N–H and O–H groups in total. The summed E-state index contributed by atoms with van der Waals surface area (Å²) in [6.45, 7) is 0.346. The molecule has 2 aliphatic heterocycles. The number of aliphatic hydroxyl groups excluding tert-OH is 3. The molecule has 10 atom stereocenters. The van der Waals surface area contributed by atoms with Crippen LogP contribution in [-0.4, -0.2) is 161 Å². The molecule has 0 aromatic heterocycles. The van der Waals surface area contributed by atoms with Crippen molar-refractivity contribution in [1.29, 1.82) is 5.41 Å². The van der Waals surface area contributed by atoms with E-state index < -0.39 is 128 Å². The molecule has 0 radical (unpaired) electrons. The number of carbonyl (C=O) groups excluding carboxylic acids is 7. The molecular formula is C37H55N13O13. The minimum absolute atomic E-state index is 0.0407. The number of aliphatic hydroxyl groups is 3. The van der Waals surface area contributed by atoms with Crippen LogP contribution in [0, 0.1) is 5.41 Å². The zero-order chi connectivity index (χ0) is 46.6. The van der Waals surface area contributed by atoms with Gasteiger partial charge in [-0.1, -0.05) is 35.4 Å². The van der Waals surface area contributed by atoms with Crippen LogP contribution >= 0.6 is 0 Å². The van der Waals surface area contributed by atoms with E-state index in [-0.39, 0.29) is 57.6 Å². The van der Waals surface area contributed by atoms with Crippen LogP contribution in [0.3, 0.4) is 0 Å². The van der Waals surface area contributed by atoms with Gasteiger partial charge in [0.1, 0.15) is 61.2 Å². The summed E-state index contributed by atoms with van der Waals surface area (Å²) in [4.78, 5) is 107. The number of hydrogen-bond donors (Lipinski definition) is 14. The van der Waals surface area contributed by atoms with Crippen LogP contribution in [0.2, 0.25) is 0 Å². The van der Waals surface area contributed by atoms with Crippen molar-refractivity contribution in [3.8, 4) is 0 Å². The van der Waals surface area contributed by atoms with Crippen molar-refractivity contribution < 1.29 is 63.5 Å². The molecule has 1 aromatic carbocycles. The molecule has 0 spiro atoms. The van der Waals surface area contributed by atoms with Crippen LogP contribution in [0.25, 0.3) is 10.4 Å². The Kier molecular flexibility index (Phi) is 20.4. The second-order valence-electron chi connectivity index (χ2n) is 14.8. The fourth-order valence-corrected chi connectivity index (χ4v) is 6.49. The maximum atomic E-state index is 14.0. The number of nitrogens with one attached hydrogen (secondary N) is 9. The number of ether oxygens (including phenoxy) is 1. The molecule has 26 heteroatoms. The van der Waals surface area contributed by atoms with E-state index in [0.29, 0.717) is 5.56 Å². The fourth-order valence-electron chi connectivity index (χ4n) is 6.49. The molecule has 2 saturated heterocycles. The molecule has 2 fully saturated rings. The summed E-state index contributed by atoms with van der Waals surface area (Å²) in [7, 11) is 0. The van der Waals surface area contributed by atoms with Crippen LogP contribution in [0.1, 0.15) is 51.0 Å². The van der Waals surface area contributed by atoms with Gasteiger partial charge in [-0.25, -0.2) is 0 Å². The Balaban J connectivity index is 1.83. The summed E-state index contributed by atoms with van der Waals surface area (Å²) in [5.41, 5.74) is 14.3. The molecule has 3 unspecified atom stereocenters. The third-order valence-electron chi connectivity index (χ3n) is 9.90. The fraction of sp³-hybridized carbons (Fsp3) is 0.595. The van der Waals surface area contributed by atoms with Crippen molar-refractivity contribution in [2.45, 2.75) is 113 Å². The van der Waals surface area contributed by atoms with Crippen molar-refractivity contribution in [3.05, 3.63) is 46.3 Å². The molecule has 1 aromatic rings. The number of aliphatic carboxylic acids is 1. The molecule has 0 saturated carbocycles. The van der Waals surface area contributed by atoms with Crippen LogP contribution in [0.15, 0.2) is 35.4 Å². The first-order chi connectivity index (χ1) is 29.9. The van der Waals surface area contributed by atoms with Gasteiger partial charge in [0.05, 0.1) is 6.42 Å². The van der Waals surface area contributed by atoms with Crippen molar-refractivity contribution >= 4 is 53.3 Å². The molecule has 2 heterocycles. The van der Waals surface area contributed by atoms with Crippen LogP contribution < -0.4 is 48.3 Å². The van der Waals surface area contributed by atoms with Gasteiger partial charge in [-0.3, -0.25) is 43.8 Å². The highest BCUT2D eigenvalue weighted by Gasteiger charge is 2.46. The van der Waals surface area contributed by atoms with Gasteiger partial charge >= 0.3 is 5.97 Å². The molecule has 0 aliphatic carbocycles. The average molecular weight is 890 g/mol. The van der Waals surface area contributed by atoms with Gasteiger partial charge in [0.15, 0.2) is 12.1 Å². The van der Waals surface area contributed by atoms with Crippen molar-refractivity contribution in [2.75, 3.05) is 26.2 Å². The zero-order valence-corrected chi connectivity index (χ0v) is 34.3. The maximum absolute atomic E-state index is 14.0. The van der Waals surface area contributed by atoms with E-state index in [1.807, 2.05) is 0 Å². The Morgan fingerprint density at radius 2 is 1.35 bits per heavy atom. The number of azide groups is 1. The van der Waals surface area contributed by atoms with E-state index in [0.717, 1.165) is 0 Å². The average Bonchev–Trinajstić information content (AvgIpc) is 3.24. The number of hydrogen-bond acceptors (Lipinski definition) is 14. The molecule has 0 bridgehead atoms. The topological polar surface area (TPSA) is 422 Å². The second-order valence-corrected chi connectivity index (χ2v) is 14.8. The predicted octanol–water partition coefficient (Wildman–Crippen LogP) is -5.01. The Labute approximate surface area is 360 Å². The van der Waals surface area contributed by atoms with Gasteiger partial charge < -0.3 is 73.4 Å².